The van der Waals surface area contributed by atoms with Gasteiger partial charge < -0.3 is 19.1 Å². The highest BCUT2D eigenvalue weighted by Crippen LogP contribution is 2.29. The van der Waals surface area contributed by atoms with E-state index in [2.05, 4.69) is 5.32 Å². The first kappa shape index (κ1) is 26.0. The summed E-state index contributed by atoms with van der Waals surface area (Å²) >= 11 is 1.60. The van der Waals surface area contributed by atoms with E-state index in [1.807, 2.05) is 30.3 Å². The number of carbonyl (C=O) groups excluding carboxylic acids is 3. The van der Waals surface area contributed by atoms with Gasteiger partial charge in [-0.15, -0.1) is 0 Å². The van der Waals surface area contributed by atoms with Crippen molar-refractivity contribution in [1.82, 2.24) is 10.2 Å². The van der Waals surface area contributed by atoms with Gasteiger partial charge in [0.2, 0.25) is 5.91 Å². The predicted octanol–water partition coefficient (Wildman–Crippen LogP) is 2.99. The topological polar surface area (TPSA) is 94.2 Å². The van der Waals surface area contributed by atoms with Crippen LogP contribution in [0.1, 0.15) is 39.7 Å². The van der Waals surface area contributed by atoms with Gasteiger partial charge in [-0.2, -0.15) is 11.8 Å². The first-order valence-electron chi connectivity index (χ1n) is 11.0. The lowest BCUT2D eigenvalue weighted by atomic mass is 10.0. The molecule has 2 unspecified atom stereocenters. The summed E-state index contributed by atoms with van der Waals surface area (Å²) in [6, 6.07) is 8.54. The van der Waals surface area contributed by atoms with E-state index in [0.29, 0.717) is 25.1 Å². The van der Waals surface area contributed by atoms with Crippen molar-refractivity contribution in [3.05, 3.63) is 35.9 Å². The van der Waals surface area contributed by atoms with Crippen LogP contribution in [0.3, 0.4) is 0 Å². The van der Waals surface area contributed by atoms with Crippen LogP contribution in [0.5, 0.6) is 0 Å². The van der Waals surface area contributed by atoms with Crippen LogP contribution in [-0.4, -0.2) is 72.0 Å². The maximum atomic E-state index is 13.3. The molecular formula is C23H34N2O6S. The molecule has 0 aromatic heterocycles. The molecule has 2 rings (SSSR count). The van der Waals surface area contributed by atoms with Crippen molar-refractivity contribution in [3.63, 3.8) is 0 Å². The summed E-state index contributed by atoms with van der Waals surface area (Å²) in [6.07, 6.45) is 0.359. The number of amides is 1. The van der Waals surface area contributed by atoms with Gasteiger partial charge in [0.15, 0.2) is 5.72 Å². The summed E-state index contributed by atoms with van der Waals surface area (Å²) in [5, 5.41) is 3.14. The number of esters is 1. The number of rotatable bonds is 10. The molecule has 0 spiro atoms. The Morgan fingerprint density at radius 3 is 2.50 bits per heavy atom. The Morgan fingerprint density at radius 2 is 1.84 bits per heavy atom. The van der Waals surface area contributed by atoms with Gasteiger partial charge in [-0.3, -0.25) is 14.9 Å². The van der Waals surface area contributed by atoms with Crippen molar-refractivity contribution in [2.45, 2.75) is 58.3 Å². The Labute approximate surface area is 194 Å². The monoisotopic (exact) mass is 466 g/mol. The number of thioether (sulfide) groups is 1. The molecule has 178 valence electrons. The van der Waals surface area contributed by atoms with Gasteiger partial charge in [-0.05, 0) is 46.1 Å². The number of hydrogen-bond donors (Lipinski definition) is 1. The number of benzene rings is 1. The zero-order valence-corrected chi connectivity index (χ0v) is 20.1. The highest BCUT2D eigenvalue weighted by molar-refractivity contribution is 7.99. The van der Waals surface area contributed by atoms with Crippen LogP contribution in [0, 0.1) is 0 Å². The average Bonchev–Trinajstić information content (AvgIpc) is 2.77. The number of ether oxygens (including phenoxy) is 3. The van der Waals surface area contributed by atoms with Crippen LogP contribution in [0.4, 0.5) is 4.79 Å². The Morgan fingerprint density at radius 1 is 1.16 bits per heavy atom. The summed E-state index contributed by atoms with van der Waals surface area (Å²) in [4.78, 5) is 39.4. The molecule has 0 bridgehead atoms. The number of aryl methyl sites for hydroxylation is 1. The van der Waals surface area contributed by atoms with Gasteiger partial charge in [-0.1, -0.05) is 30.3 Å². The van der Waals surface area contributed by atoms with Crippen LogP contribution in [-0.2, 0) is 30.2 Å². The summed E-state index contributed by atoms with van der Waals surface area (Å²) in [6.45, 7) is 7.75. The fraction of sp³-hybridized carbons (Fsp3) is 0.609. The molecule has 1 aromatic carbocycles. The molecule has 1 aliphatic heterocycles. The van der Waals surface area contributed by atoms with Crippen molar-refractivity contribution < 1.29 is 28.6 Å². The molecule has 1 fully saturated rings. The Hall–Kier alpha value is -2.26. The fourth-order valence-corrected chi connectivity index (χ4v) is 4.61. The SMILES string of the molecule is CCOC(=O)OC1(C)CSCCN1C(=O)[C@H](C)NC(CCc1ccccc1)C(=O)OCC. The number of nitrogens with one attached hydrogen (secondary N) is 1. The Bertz CT molecular complexity index is 762. The quantitative estimate of drug-likeness (QED) is 0.526. The van der Waals surface area contributed by atoms with Crippen molar-refractivity contribution in [3.8, 4) is 0 Å². The second-order valence-corrected chi connectivity index (χ2v) is 8.82. The van der Waals surface area contributed by atoms with Crippen LogP contribution in [0.25, 0.3) is 0 Å². The first-order valence-corrected chi connectivity index (χ1v) is 12.2. The first-order chi connectivity index (χ1) is 15.3. The lowest BCUT2D eigenvalue weighted by Crippen LogP contribution is -2.62. The van der Waals surface area contributed by atoms with E-state index in [0.717, 1.165) is 11.3 Å². The van der Waals surface area contributed by atoms with Gasteiger partial charge >= 0.3 is 12.1 Å². The lowest BCUT2D eigenvalue weighted by molar-refractivity contribution is -0.158. The third kappa shape index (κ3) is 7.41. The van der Waals surface area contributed by atoms with Crippen LogP contribution in [0.2, 0.25) is 0 Å². The second kappa shape index (κ2) is 12.7. The minimum absolute atomic E-state index is 0.191. The molecule has 9 heteroatoms. The summed E-state index contributed by atoms with van der Waals surface area (Å²) in [7, 11) is 0. The maximum Gasteiger partial charge on any atom is 0.510 e. The van der Waals surface area contributed by atoms with Gasteiger partial charge in [0, 0.05) is 12.3 Å². The molecule has 32 heavy (non-hydrogen) atoms. The fourth-order valence-electron chi connectivity index (χ4n) is 3.56. The lowest BCUT2D eigenvalue weighted by Gasteiger charge is -2.44. The zero-order valence-electron chi connectivity index (χ0n) is 19.3. The molecule has 0 aliphatic carbocycles. The summed E-state index contributed by atoms with van der Waals surface area (Å²) in [5.74, 6) is 0.545. The molecular weight excluding hydrogens is 432 g/mol. The number of nitrogens with zero attached hydrogens (tertiary/aromatic N) is 1. The van der Waals surface area contributed by atoms with Crippen molar-refractivity contribution in [2.75, 3.05) is 31.3 Å². The molecule has 0 radical (unpaired) electrons. The Balaban J connectivity index is 2.08. The molecule has 8 nitrogen and oxygen atoms in total. The van der Waals surface area contributed by atoms with Crippen LogP contribution >= 0.6 is 11.8 Å². The predicted molar refractivity (Wildman–Crippen MR) is 123 cm³/mol. The van der Waals surface area contributed by atoms with E-state index in [1.54, 1.807) is 44.4 Å². The molecule has 1 saturated heterocycles. The molecule has 0 saturated carbocycles. The third-order valence-corrected chi connectivity index (χ3v) is 6.40. The Kier molecular flexibility index (Phi) is 10.3. The van der Waals surface area contributed by atoms with Gasteiger partial charge in [0.05, 0.1) is 25.0 Å². The van der Waals surface area contributed by atoms with Crippen molar-refractivity contribution in [2.24, 2.45) is 0 Å². The molecule has 3 atom stereocenters. The summed E-state index contributed by atoms with van der Waals surface area (Å²) in [5.41, 5.74) is -0.0166. The number of hydrogen-bond acceptors (Lipinski definition) is 8. The average molecular weight is 467 g/mol. The highest BCUT2D eigenvalue weighted by Gasteiger charge is 2.43. The minimum Gasteiger partial charge on any atom is -0.465 e. The van der Waals surface area contributed by atoms with Crippen molar-refractivity contribution >= 4 is 29.8 Å². The van der Waals surface area contributed by atoms with Crippen molar-refractivity contribution in [1.29, 1.82) is 0 Å². The zero-order chi connectivity index (χ0) is 23.6. The standard InChI is InChI=1S/C23H34N2O6S/c1-5-29-21(27)19(13-12-18-10-8-7-9-11-18)24-17(3)20(26)25-14-15-32-16-23(25,4)31-22(28)30-6-2/h7-11,17,19,24H,5-6,12-16H2,1-4H3/t17-,19?,23?/m0/s1. The third-order valence-electron chi connectivity index (χ3n) is 5.19. The van der Waals surface area contributed by atoms with Gasteiger partial charge in [0.1, 0.15) is 6.04 Å². The van der Waals surface area contributed by atoms with E-state index in [1.165, 1.54) is 0 Å². The van der Waals surface area contributed by atoms with Crippen LogP contribution < -0.4 is 5.32 Å². The highest BCUT2D eigenvalue weighted by atomic mass is 32.2. The molecule has 1 aromatic rings. The molecule has 1 heterocycles. The molecule has 1 aliphatic rings. The minimum atomic E-state index is -1.12. The van der Waals surface area contributed by atoms with Gasteiger partial charge in [0.25, 0.3) is 0 Å². The van der Waals surface area contributed by atoms with Gasteiger partial charge in [-0.25, -0.2) is 4.79 Å². The number of carbonyl (C=O) groups is 3. The van der Waals surface area contributed by atoms with E-state index < -0.39 is 24.0 Å². The maximum absolute atomic E-state index is 13.3. The molecule has 1 N–H and O–H groups in total. The van der Waals surface area contributed by atoms with E-state index in [-0.39, 0.29) is 25.1 Å². The van der Waals surface area contributed by atoms with Crippen LogP contribution in [0.15, 0.2) is 30.3 Å². The second-order valence-electron chi connectivity index (χ2n) is 7.72. The van der Waals surface area contributed by atoms with E-state index in [9.17, 15) is 14.4 Å². The normalized spacial score (nSPS) is 20.2. The van der Waals surface area contributed by atoms with E-state index in [4.69, 9.17) is 14.2 Å². The largest absolute Gasteiger partial charge is 0.510 e. The van der Waals surface area contributed by atoms with E-state index >= 15 is 0 Å². The summed E-state index contributed by atoms with van der Waals surface area (Å²) < 4.78 is 15.6. The molecule has 1 amide bonds. The smallest absolute Gasteiger partial charge is 0.465 e.